The van der Waals surface area contributed by atoms with Gasteiger partial charge in [-0.3, -0.25) is 0 Å². The summed E-state index contributed by atoms with van der Waals surface area (Å²) in [7, 11) is 0. The smallest absolute Gasteiger partial charge is 0.0697 e. The second-order valence-electron chi connectivity index (χ2n) is 5.87. The highest BCUT2D eigenvalue weighted by atomic mass is 16.5. The van der Waals surface area contributed by atoms with Crippen molar-refractivity contribution in [1.82, 2.24) is 0 Å². The van der Waals surface area contributed by atoms with Gasteiger partial charge in [-0.1, -0.05) is 97.8 Å². The average molecular weight is 303 g/mol. The molecule has 0 radical (unpaired) electrons. The van der Waals surface area contributed by atoms with Gasteiger partial charge in [0.1, 0.15) is 0 Å². The van der Waals surface area contributed by atoms with Crippen LogP contribution in [0, 0.1) is 0 Å². The lowest BCUT2D eigenvalue weighted by molar-refractivity contribution is 0.0895. The Morgan fingerprint density at radius 3 is 1.29 bits per heavy atom. The summed E-state index contributed by atoms with van der Waals surface area (Å²) in [5.74, 6) is 0. The zero-order chi connectivity index (χ0) is 16.0. The molecule has 21 heavy (non-hydrogen) atoms. The summed E-state index contributed by atoms with van der Waals surface area (Å²) in [5.41, 5.74) is 0. The molecule has 0 bridgehead atoms. The van der Waals surface area contributed by atoms with Crippen molar-refractivity contribution in [3.05, 3.63) is 0 Å². The highest BCUT2D eigenvalue weighted by Gasteiger charge is 1.90. The lowest BCUT2D eigenvalue weighted by atomic mass is 10.1. The molecule has 0 saturated heterocycles. The molecule has 0 aromatic rings. The van der Waals surface area contributed by atoms with E-state index in [9.17, 15) is 0 Å². The third-order valence-electron chi connectivity index (χ3n) is 3.58. The Morgan fingerprint density at radius 1 is 0.524 bits per heavy atom. The Balaban J connectivity index is 0. The van der Waals surface area contributed by atoms with Crippen LogP contribution in [0.2, 0.25) is 0 Å². The summed E-state index contributed by atoms with van der Waals surface area (Å²) in [6.07, 6.45) is 17.7. The molecule has 0 saturated carbocycles. The summed E-state index contributed by atoms with van der Waals surface area (Å²) >= 11 is 0. The monoisotopic (exact) mass is 302 g/mol. The van der Waals surface area contributed by atoms with Gasteiger partial charge in [-0.15, -0.1) is 0 Å². The van der Waals surface area contributed by atoms with Gasteiger partial charge in [-0.25, -0.2) is 0 Å². The maximum atomic E-state index is 8.41. The summed E-state index contributed by atoms with van der Waals surface area (Å²) in [6, 6.07) is 0. The Hall–Kier alpha value is -0.0800. The Labute approximate surface area is 134 Å². The lowest BCUT2D eigenvalue weighted by Gasteiger charge is -2.01. The first-order valence-corrected chi connectivity index (χ1v) is 9.51. The summed E-state index contributed by atoms with van der Waals surface area (Å²) < 4.78 is 5.14. The van der Waals surface area contributed by atoms with Crippen molar-refractivity contribution >= 4 is 0 Å². The number of ether oxygens (including phenoxy) is 1. The topological polar surface area (TPSA) is 29.5 Å². The molecule has 0 unspecified atom stereocenters. The van der Waals surface area contributed by atoms with Gasteiger partial charge >= 0.3 is 0 Å². The van der Waals surface area contributed by atoms with Crippen LogP contribution < -0.4 is 0 Å². The lowest BCUT2D eigenvalue weighted by Crippen LogP contribution is -2.00. The predicted octanol–water partition coefficient (Wildman–Crippen LogP) is 6.11. The second kappa shape index (κ2) is 24.9. The van der Waals surface area contributed by atoms with Crippen LogP contribution >= 0.6 is 0 Å². The van der Waals surface area contributed by atoms with Crippen molar-refractivity contribution in [2.45, 2.75) is 104 Å². The van der Waals surface area contributed by atoms with E-state index in [2.05, 4.69) is 20.8 Å². The Bertz CT molecular complexity index is 133. The molecule has 1 N–H and O–H groups in total. The minimum absolute atomic E-state index is 0.149. The van der Waals surface area contributed by atoms with Crippen molar-refractivity contribution in [3.63, 3.8) is 0 Å². The fourth-order valence-corrected chi connectivity index (χ4v) is 2.18. The van der Waals surface area contributed by atoms with Crippen LogP contribution in [-0.2, 0) is 4.74 Å². The van der Waals surface area contributed by atoms with E-state index in [1.807, 2.05) is 0 Å². The minimum Gasteiger partial charge on any atom is -0.394 e. The molecule has 0 aliphatic rings. The molecule has 2 nitrogen and oxygen atoms in total. The first kappa shape index (κ1) is 23.2. The average Bonchev–Trinajstić information content (AvgIpc) is 2.51. The van der Waals surface area contributed by atoms with Crippen molar-refractivity contribution in [2.75, 3.05) is 19.8 Å². The SMILES string of the molecule is CCCCCCCCC.CCCCCCCCOCCO. The number of aliphatic hydroxyl groups is 1. The van der Waals surface area contributed by atoms with Crippen LogP contribution in [0.5, 0.6) is 0 Å². The van der Waals surface area contributed by atoms with Gasteiger partial charge in [0.2, 0.25) is 0 Å². The number of hydrogen-bond donors (Lipinski definition) is 1. The van der Waals surface area contributed by atoms with Crippen molar-refractivity contribution < 1.29 is 9.84 Å². The van der Waals surface area contributed by atoms with Crippen LogP contribution in [0.25, 0.3) is 0 Å². The van der Waals surface area contributed by atoms with Gasteiger partial charge in [-0.2, -0.15) is 0 Å². The van der Waals surface area contributed by atoms with E-state index < -0.39 is 0 Å². The van der Waals surface area contributed by atoms with Crippen molar-refractivity contribution in [3.8, 4) is 0 Å². The Kier molecular flexibility index (Phi) is 27.5. The van der Waals surface area contributed by atoms with Gasteiger partial charge in [0.25, 0.3) is 0 Å². The van der Waals surface area contributed by atoms with Gasteiger partial charge in [-0.05, 0) is 6.42 Å². The van der Waals surface area contributed by atoms with E-state index in [0.717, 1.165) is 13.0 Å². The van der Waals surface area contributed by atoms with Crippen molar-refractivity contribution in [1.29, 1.82) is 0 Å². The van der Waals surface area contributed by atoms with Crippen LogP contribution in [0.4, 0.5) is 0 Å². The first-order valence-electron chi connectivity index (χ1n) is 9.51. The third kappa shape index (κ3) is 28.7. The molecule has 0 aromatic heterocycles. The predicted molar refractivity (Wildman–Crippen MR) is 94.9 cm³/mol. The maximum Gasteiger partial charge on any atom is 0.0697 e. The van der Waals surface area contributed by atoms with E-state index >= 15 is 0 Å². The van der Waals surface area contributed by atoms with Crippen LogP contribution in [-0.4, -0.2) is 24.9 Å². The third-order valence-corrected chi connectivity index (χ3v) is 3.58. The molecule has 0 heterocycles. The molecule has 2 heteroatoms. The van der Waals surface area contributed by atoms with Crippen LogP contribution in [0.15, 0.2) is 0 Å². The van der Waals surface area contributed by atoms with Gasteiger partial charge in [0.15, 0.2) is 0 Å². The fraction of sp³-hybridized carbons (Fsp3) is 1.00. The normalized spacial score (nSPS) is 10.3. The number of hydrogen-bond acceptors (Lipinski definition) is 2. The maximum absolute atomic E-state index is 8.41. The molecule has 130 valence electrons. The standard InChI is InChI=1S/C10H22O2.C9H20/c1-2-3-4-5-6-7-9-12-10-8-11;1-3-5-7-9-8-6-4-2/h11H,2-10H2,1H3;3-9H2,1-2H3. The molecule has 0 atom stereocenters. The number of unbranched alkanes of at least 4 members (excludes halogenated alkanes) is 11. The first-order chi connectivity index (χ1) is 10.3. The summed E-state index contributed by atoms with van der Waals surface area (Å²) in [5, 5.41) is 8.41. The minimum atomic E-state index is 0.149. The molecular weight excluding hydrogens is 260 g/mol. The highest BCUT2D eigenvalue weighted by Crippen LogP contribution is 2.06. The van der Waals surface area contributed by atoms with E-state index in [0.29, 0.717) is 6.61 Å². The van der Waals surface area contributed by atoms with E-state index in [1.54, 1.807) is 0 Å². The van der Waals surface area contributed by atoms with Gasteiger partial charge in [0, 0.05) is 6.61 Å². The van der Waals surface area contributed by atoms with Crippen LogP contribution in [0.1, 0.15) is 104 Å². The Morgan fingerprint density at radius 2 is 0.905 bits per heavy atom. The van der Waals surface area contributed by atoms with Crippen LogP contribution in [0.3, 0.4) is 0 Å². The van der Waals surface area contributed by atoms with E-state index in [1.165, 1.54) is 77.0 Å². The zero-order valence-corrected chi connectivity index (χ0v) is 15.2. The molecule has 0 aromatic carbocycles. The summed E-state index contributed by atoms with van der Waals surface area (Å²) in [4.78, 5) is 0. The molecule has 0 aliphatic carbocycles. The molecule has 0 amide bonds. The zero-order valence-electron chi connectivity index (χ0n) is 15.2. The molecular formula is C19H42O2. The largest absolute Gasteiger partial charge is 0.394 e. The number of rotatable bonds is 15. The van der Waals surface area contributed by atoms with E-state index in [-0.39, 0.29) is 6.61 Å². The highest BCUT2D eigenvalue weighted by molar-refractivity contribution is 4.43. The fourth-order valence-electron chi connectivity index (χ4n) is 2.18. The van der Waals surface area contributed by atoms with Crippen molar-refractivity contribution in [2.24, 2.45) is 0 Å². The van der Waals surface area contributed by atoms with E-state index in [4.69, 9.17) is 9.84 Å². The second-order valence-corrected chi connectivity index (χ2v) is 5.87. The molecule has 0 aliphatic heterocycles. The quantitative estimate of drug-likeness (QED) is 0.370. The van der Waals surface area contributed by atoms with Gasteiger partial charge < -0.3 is 9.84 Å². The number of aliphatic hydroxyl groups excluding tert-OH is 1. The molecule has 0 fully saturated rings. The molecule has 0 rings (SSSR count). The summed E-state index contributed by atoms with van der Waals surface area (Å²) in [6.45, 7) is 8.21. The molecule has 0 spiro atoms. The van der Waals surface area contributed by atoms with Gasteiger partial charge in [0.05, 0.1) is 13.2 Å².